The van der Waals surface area contributed by atoms with Crippen molar-refractivity contribution in [1.82, 2.24) is 0 Å². The van der Waals surface area contributed by atoms with Crippen molar-refractivity contribution in [2.75, 3.05) is 21.1 Å². The highest BCUT2D eigenvalue weighted by Crippen LogP contribution is 2.38. The van der Waals surface area contributed by atoms with Crippen molar-refractivity contribution in [3.8, 4) is 0 Å². The summed E-state index contributed by atoms with van der Waals surface area (Å²) in [5.74, 6) is -0.580. The molecule has 2 aromatic rings. The third-order valence-corrected chi connectivity index (χ3v) is 7.47. The van der Waals surface area contributed by atoms with E-state index in [0.29, 0.717) is 34.1 Å². The van der Waals surface area contributed by atoms with E-state index in [1.54, 1.807) is 44.2 Å². The van der Waals surface area contributed by atoms with Crippen molar-refractivity contribution in [2.45, 2.75) is 36.8 Å². The Bertz CT molecular complexity index is 1090. The van der Waals surface area contributed by atoms with Gasteiger partial charge >= 0.3 is 0 Å². The highest BCUT2D eigenvalue weighted by atomic mass is 35.5. The number of fused-ring (bicyclic) bond motifs is 1. The van der Waals surface area contributed by atoms with Crippen molar-refractivity contribution in [3.05, 3.63) is 47.0 Å². The van der Waals surface area contributed by atoms with E-state index in [-0.39, 0.29) is 24.0 Å². The van der Waals surface area contributed by atoms with Gasteiger partial charge in [0.1, 0.15) is 0 Å². The number of benzene rings is 2. The zero-order valence-corrected chi connectivity index (χ0v) is 18.9. The summed E-state index contributed by atoms with van der Waals surface area (Å²) in [4.78, 5) is 25.8. The van der Waals surface area contributed by atoms with Gasteiger partial charge in [-0.1, -0.05) is 24.6 Å². The number of sulfonamides is 1. The van der Waals surface area contributed by atoms with Gasteiger partial charge in [0.2, 0.25) is 21.8 Å². The molecule has 1 atom stereocenters. The van der Waals surface area contributed by atoms with E-state index >= 15 is 0 Å². The summed E-state index contributed by atoms with van der Waals surface area (Å²) < 4.78 is 26.7. The summed E-state index contributed by atoms with van der Waals surface area (Å²) in [6, 6.07) is 10.2. The Morgan fingerprint density at radius 3 is 2.70 bits per heavy atom. The molecule has 7 nitrogen and oxygen atoms in total. The van der Waals surface area contributed by atoms with Gasteiger partial charge in [-0.25, -0.2) is 8.42 Å². The number of anilines is 3. The lowest BCUT2D eigenvalue weighted by Crippen LogP contribution is -2.32. The number of thioether (sulfide) groups is 1. The maximum atomic E-state index is 12.6. The number of nitrogens with one attached hydrogen (secondary N) is 3. The van der Waals surface area contributed by atoms with Crippen molar-refractivity contribution in [1.29, 1.82) is 0 Å². The number of carbonyl (C=O) groups is 2. The van der Waals surface area contributed by atoms with Gasteiger partial charge < -0.3 is 10.6 Å². The van der Waals surface area contributed by atoms with Crippen LogP contribution in [-0.2, 0) is 19.6 Å². The third kappa shape index (κ3) is 5.47. The van der Waals surface area contributed by atoms with Crippen LogP contribution >= 0.6 is 23.4 Å². The monoisotopic (exact) mass is 467 g/mol. The third-order valence-electron chi connectivity index (χ3n) is 4.48. The summed E-state index contributed by atoms with van der Waals surface area (Å²) in [5, 5.41) is 5.50. The smallest absolute Gasteiger partial charge is 0.238 e. The Morgan fingerprint density at radius 1 is 1.23 bits per heavy atom. The van der Waals surface area contributed by atoms with E-state index in [1.807, 2.05) is 6.07 Å². The molecule has 0 aliphatic carbocycles. The van der Waals surface area contributed by atoms with Crippen molar-refractivity contribution < 1.29 is 18.0 Å². The summed E-state index contributed by atoms with van der Waals surface area (Å²) in [6.45, 7) is 3.51. The van der Waals surface area contributed by atoms with Crippen LogP contribution in [-0.4, -0.2) is 31.2 Å². The van der Waals surface area contributed by atoms with Gasteiger partial charge in [-0.15, -0.1) is 11.8 Å². The Labute approximate surface area is 185 Å². The predicted molar refractivity (Wildman–Crippen MR) is 122 cm³/mol. The van der Waals surface area contributed by atoms with Crippen LogP contribution in [0.25, 0.3) is 0 Å². The fraction of sp³-hybridized carbons (Fsp3) is 0.300. The largest absolute Gasteiger partial charge is 0.326 e. The molecule has 1 aliphatic rings. The first kappa shape index (κ1) is 22.5. The Kier molecular flexibility index (Phi) is 6.95. The predicted octanol–water partition coefficient (Wildman–Crippen LogP) is 4.24. The van der Waals surface area contributed by atoms with Crippen LogP contribution in [0.15, 0.2) is 41.3 Å². The SMILES string of the molecule is CCCS(=O)(=O)Nc1cccc(NC(=O)CC2Sc3ccc(Cl)cc3NC2=O)c1C. The quantitative estimate of drug-likeness (QED) is 0.564. The Balaban J connectivity index is 1.69. The molecule has 1 unspecified atom stereocenters. The number of halogens is 1. The van der Waals surface area contributed by atoms with Gasteiger partial charge in [-0.2, -0.15) is 0 Å². The molecule has 2 amide bonds. The van der Waals surface area contributed by atoms with Gasteiger partial charge in [0.25, 0.3) is 0 Å². The fourth-order valence-electron chi connectivity index (χ4n) is 3.00. The molecule has 1 aliphatic heterocycles. The summed E-state index contributed by atoms with van der Waals surface area (Å²) in [6.07, 6.45) is 0.477. The zero-order chi connectivity index (χ0) is 21.9. The highest BCUT2D eigenvalue weighted by molar-refractivity contribution is 8.01. The first-order chi connectivity index (χ1) is 14.2. The fourth-order valence-corrected chi connectivity index (χ4v) is 5.45. The van der Waals surface area contributed by atoms with Crippen molar-refractivity contribution in [2.24, 2.45) is 0 Å². The molecule has 0 fully saturated rings. The maximum Gasteiger partial charge on any atom is 0.238 e. The second-order valence-corrected chi connectivity index (χ2v) is 10.4. The van der Waals surface area contributed by atoms with Gasteiger partial charge in [0, 0.05) is 22.0 Å². The summed E-state index contributed by atoms with van der Waals surface area (Å²) >= 11 is 7.26. The average Bonchev–Trinajstić information content (AvgIpc) is 2.65. The summed E-state index contributed by atoms with van der Waals surface area (Å²) in [7, 11) is -3.44. The standard InChI is InChI=1S/C20H22ClN3O4S2/c1-3-9-30(27,28)24-15-6-4-5-14(12(15)2)22-19(25)11-18-20(26)23-16-10-13(21)7-8-17(16)29-18/h4-8,10,18,24H,3,9,11H2,1-2H3,(H,22,25)(H,23,26). The van der Waals surface area contributed by atoms with Gasteiger partial charge in [0.15, 0.2) is 0 Å². The van der Waals surface area contributed by atoms with Crippen LogP contribution in [0.3, 0.4) is 0 Å². The molecule has 2 aromatic carbocycles. The van der Waals surface area contributed by atoms with Crippen LogP contribution in [0.4, 0.5) is 17.1 Å². The molecular formula is C20H22ClN3O4S2. The van der Waals surface area contributed by atoms with E-state index in [1.165, 1.54) is 11.8 Å². The van der Waals surface area contributed by atoms with Crippen LogP contribution in [0, 0.1) is 6.92 Å². The van der Waals surface area contributed by atoms with Crippen LogP contribution in [0.2, 0.25) is 5.02 Å². The van der Waals surface area contributed by atoms with Gasteiger partial charge in [0.05, 0.1) is 22.4 Å². The van der Waals surface area contributed by atoms with Crippen molar-refractivity contribution in [3.63, 3.8) is 0 Å². The number of carbonyl (C=O) groups excluding carboxylic acids is 2. The minimum absolute atomic E-state index is 0.0176. The molecule has 0 saturated carbocycles. The first-order valence-electron chi connectivity index (χ1n) is 9.35. The minimum atomic E-state index is -3.44. The number of hydrogen-bond donors (Lipinski definition) is 3. The normalized spacial score (nSPS) is 15.8. The maximum absolute atomic E-state index is 12.6. The number of hydrogen-bond acceptors (Lipinski definition) is 5. The van der Waals surface area contributed by atoms with E-state index < -0.39 is 15.3 Å². The van der Waals surface area contributed by atoms with Gasteiger partial charge in [-0.05, 0) is 49.2 Å². The molecular weight excluding hydrogens is 446 g/mol. The Morgan fingerprint density at radius 2 is 1.97 bits per heavy atom. The Hall–Kier alpha value is -2.23. The zero-order valence-electron chi connectivity index (χ0n) is 16.5. The lowest BCUT2D eigenvalue weighted by Gasteiger charge is -2.24. The molecule has 0 saturated heterocycles. The topological polar surface area (TPSA) is 104 Å². The molecule has 30 heavy (non-hydrogen) atoms. The molecule has 0 bridgehead atoms. The highest BCUT2D eigenvalue weighted by Gasteiger charge is 2.29. The lowest BCUT2D eigenvalue weighted by molar-refractivity contribution is -0.120. The van der Waals surface area contributed by atoms with Crippen molar-refractivity contribution >= 4 is 62.3 Å². The molecule has 10 heteroatoms. The second-order valence-electron chi connectivity index (χ2n) is 6.89. The van der Waals surface area contributed by atoms with E-state index in [9.17, 15) is 18.0 Å². The molecule has 160 valence electrons. The van der Waals surface area contributed by atoms with Crippen LogP contribution < -0.4 is 15.4 Å². The lowest BCUT2D eigenvalue weighted by atomic mass is 10.1. The number of rotatable bonds is 7. The molecule has 3 N–H and O–H groups in total. The summed E-state index contributed by atoms with van der Waals surface area (Å²) in [5.41, 5.74) is 2.14. The molecule has 1 heterocycles. The molecule has 0 spiro atoms. The molecule has 0 radical (unpaired) electrons. The van der Waals surface area contributed by atoms with Gasteiger partial charge in [-0.3, -0.25) is 14.3 Å². The van der Waals surface area contributed by atoms with E-state index in [4.69, 9.17) is 11.6 Å². The second kappa shape index (κ2) is 9.28. The molecule has 0 aromatic heterocycles. The number of amides is 2. The first-order valence-corrected chi connectivity index (χ1v) is 12.3. The van der Waals surface area contributed by atoms with E-state index in [0.717, 1.165) is 4.90 Å². The van der Waals surface area contributed by atoms with E-state index in [2.05, 4.69) is 15.4 Å². The average molecular weight is 468 g/mol. The van der Waals surface area contributed by atoms with Crippen LogP contribution in [0.1, 0.15) is 25.3 Å². The molecule has 3 rings (SSSR count). The minimum Gasteiger partial charge on any atom is -0.326 e. The van der Waals surface area contributed by atoms with Crippen LogP contribution in [0.5, 0.6) is 0 Å².